The van der Waals surface area contributed by atoms with Crippen LogP contribution in [0.4, 0.5) is 5.82 Å². The van der Waals surface area contributed by atoms with Gasteiger partial charge in [0.25, 0.3) is 0 Å². The summed E-state index contributed by atoms with van der Waals surface area (Å²) in [6.07, 6.45) is 1.16. The topological polar surface area (TPSA) is 52.0 Å². The molecule has 0 aromatic carbocycles. The van der Waals surface area contributed by atoms with Gasteiger partial charge in [0.15, 0.2) is 0 Å². The van der Waals surface area contributed by atoms with Gasteiger partial charge in [-0.1, -0.05) is 6.07 Å². The van der Waals surface area contributed by atoms with Crippen LogP contribution in [0, 0.1) is 18.3 Å². The summed E-state index contributed by atoms with van der Waals surface area (Å²) in [5.41, 5.74) is 2.90. The first kappa shape index (κ1) is 14.1. The monoisotopic (exact) mass is 298 g/mol. The number of thiophene rings is 1. The summed E-state index contributed by atoms with van der Waals surface area (Å²) in [6.45, 7) is 5.92. The molecule has 1 aliphatic rings. The van der Waals surface area contributed by atoms with Gasteiger partial charge in [0.05, 0.1) is 0 Å². The molecule has 0 saturated heterocycles. The van der Waals surface area contributed by atoms with Crippen molar-refractivity contribution in [3.63, 3.8) is 0 Å². The van der Waals surface area contributed by atoms with E-state index in [4.69, 9.17) is 5.26 Å². The molecule has 0 unspecified atom stereocenters. The van der Waals surface area contributed by atoms with E-state index in [0.717, 1.165) is 44.0 Å². The van der Waals surface area contributed by atoms with Gasteiger partial charge in [-0.3, -0.25) is 4.90 Å². The SMILES string of the molecule is Cc1ccc(NCCN2CCc3sccc3C2)nc1C#N. The third-order valence-electron chi connectivity index (χ3n) is 3.82. The first-order valence-electron chi connectivity index (χ1n) is 7.15. The second kappa shape index (κ2) is 6.25. The Morgan fingerprint density at radius 2 is 2.33 bits per heavy atom. The van der Waals surface area contributed by atoms with Crippen LogP contribution in [0.1, 0.15) is 21.7 Å². The summed E-state index contributed by atoms with van der Waals surface area (Å²) in [5.74, 6) is 0.783. The smallest absolute Gasteiger partial charge is 0.145 e. The highest BCUT2D eigenvalue weighted by Crippen LogP contribution is 2.23. The Morgan fingerprint density at radius 3 is 3.19 bits per heavy atom. The van der Waals surface area contributed by atoms with Crippen LogP contribution in [0.3, 0.4) is 0 Å². The van der Waals surface area contributed by atoms with Crippen molar-refractivity contribution in [3.8, 4) is 6.07 Å². The second-order valence-electron chi connectivity index (χ2n) is 5.30. The maximum atomic E-state index is 9.00. The molecule has 3 heterocycles. The number of anilines is 1. The Kier molecular flexibility index (Phi) is 4.18. The molecule has 0 aliphatic carbocycles. The molecule has 0 spiro atoms. The number of rotatable bonds is 4. The third-order valence-corrected chi connectivity index (χ3v) is 4.85. The number of aryl methyl sites for hydroxylation is 1. The molecule has 2 aromatic heterocycles. The molecule has 2 aromatic rings. The minimum Gasteiger partial charge on any atom is -0.369 e. The second-order valence-corrected chi connectivity index (χ2v) is 6.30. The molecular weight excluding hydrogens is 280 g/mol. The van der Waals surface area contributed by atoms with Crippen molar-refractivity contribution >= 4 is 17.2 Å². The van der Waals surface area contributed by atoms with Crippen LogP contribution in [0.2, 0.25) is 0 Å². The van der Waals surface area contributed by atoms with Gasteiger partial charge in [0, 0.05) is 31.1 Å². The molecule has 1 aliphatic heterocycles. The number of aromatic nitrogens is 1. The zero-order valence-corrected chi connectivity index (χ0v) is 12.9. The van der Waals surface area contributed by atoms with E-state index in [9.17, 15) is 0 Å². The summed E-state index contributed by atoms with van der Waals surface area (Å²) in [6, 6.07) is 8.23. The molecule has 21 heavy (non-hydrogen) atoms. The molecule has 1 N–H and O–H groups in total. The molecule has 108 valence electrons. The maximum absolute atomic E-state index is 9.00. The van der Waals surface area contributed by atoms with Gasteiger partial charge in [0.2, 0.25) is 0 Å². The van der Waals surface area contributed by atoms with Gasteiger partial charge in [-0.15, -0.1) is 11.3 Å². The van der Waals surface area contributed by atoms with Gasteiger partial charge in [-0.05, 0) is 42.0 Å². The fourth-order valence-corrected chi connectivity index (χ4v) is 3.47. The lowest BCUT2D eigenvalue weighted by atomic mass is 10.1. The molecule has 5 heteroatoms. The lowest BCUT2D eigenvalue weighted by Gasteiger charge is -2.26. The minimum absolute atomic E-state index is 0.501. The molecule has 0 atom stereocenters. The number of nitriles is 1. The van der Waals surface area contributed by atoms with Crippen molar-refractivity contribution in [2.75, 3.05) is 25.0 Å². The van der Waals surface area contributed by atoms with Crippen molar-refractivity contribution in [2.45, 2.75) is 19.9 Å². The Morgan fingerprint density at radius 1 is 1.43 bits per heavy atom. The molecule has 4 nitrogen and oxygen atoms in total. The highest BCUT2D eigenvalue weighted by molar-refractivity contribution is 7.10. The fraction of sp³-hybridized carbons (Fsp3) is 0.375. The Hall–Kier alpha value is -1.90. The van der Waals surface area contributed by atoms with Crippen LogP contribution in [-0.2, 0) is 13.0 Å². The van der Waals surface area contributed by atoms with Crippen LogP contribution >= 0.6 is 11.3 Å². The van der Waals surface area contributed by atoms with E-state index in [1.54, 1.807) is 0 Å². The summed E-state index contributed by atoms with van der Waals surface area (Å²) >= 11 is 1.87. The van der Waals surface area contributed by atoms with Crippen molar-refractivity contribution < 1.29 is 0 Å². The molecular formula is C16H18N4S. The Labute approximate surface area is 129 Å². The Balaban J connectivity index is 1.52. The summed E-state index contributed by atoms with van der Waals surface area (Å²) in [4.78, 5) is 8.31. The third kappa shape index (κ3) is 3.23. The largest absolute Gasteiger partial charge is 0.369 e. The normalized spacial score (nSPS) is 14.5. The van der Waals surface area contributed by atoms with Crippen LogP contribution in [-0.4, -0.2) is 29.5 Å². The molecule has 0 saturated carbocycles. The zero-order chi connectivity index (χ0) is 14.7. The summed E-state index contributed by atoms with van der Waals surface area (Å²) in [7, 11) is 0. The fourth-order valence-electron chi connectivity index (χ4n) is 2.58. The average Bonchev–Trinajstić information content (AvgIpc) is 2.96. The standard InChI is InChI=1S/C16H18N4S/c1-12-2-3-16(19-14(12)10-17)18-6-8-20-7-4-15-13(11-20)5-9-21-15/h2-3,5,9H,4,6-8,11H2,1H3,(H,18,19). The quantitative estimate of drug-likeness (QED) is 0.943. The van der Waals surface area contributed by atoms with E-state index in [0.29, 0.717) is 5.69 Å². The lowest BCUT2D eigenvalue weighted by molar-refractivity contribution is 0.266. The zero-order valence-electron chi connectivity index (χ0n) is 12.1. The van der Waals surface area contributed by atoms with E-state index < -0.39 is 0 Å². The Bertz CT molecular complexity index is 671. The van der Waals surface area contributed by atoms with E-state index in [-0.39, 0.29) is 0 Å². The van der Waals surface area contributed by atoms with E-state index in [1.165, 1.54) is 10.4 Å². The van der Waals surface area contributed by atoms with Gasteiger partial charge < -0.3 is 5.32 Å². The lowest BCUT2D eigenvalue weighted by Crippen LogP contribution is -2.33. The van der Waals surface area contributed by atoms with E-state index in [1.807, 2.05) is 30.4 Å². The van der Waals surface area contributed by atoms with Crippen LogP contribution in [0.5, 0.6) is 0 Å². The average molecular weight is 298 g/mol. The van der Waals surface area contributed by atoms with Crippen molar-refractivity contribution in [2.24, 2.45) is 0 Å². The number of hydrogen-bond donors (Lipinski definition) is 1. The highest BCUT2D eigenvalue weighted by atomic mass is 32.1. The number of nitrogens with zero attached hydrogens (tertiary/aromatic N) is 3. The maximum Gasteiger partial charge on any atom is 0.145 e. The number of fused-ring (bicyclic) bond motifs is 1. The van der Waals surface area contributed by atoms with E-state index >= 15 is 0 Å². The van der Waals surface area contributed by atoms with Gasteiger partial charge in [0.1, 0.15) is 17.6 Å². The van der Waals surface area contributed by atoms with Crippen molar-refractivity contribution in [1.82, 2.24) is 9.88 Å². The van der Waals surface area contributed by atoms with E-state index in [2.05, 4.69) is 32.7 Å². The van der Waals surface area contributed by atoms with Crippen LogP contribution in [0.25, 0.3) is 0 Å². The molecule has 3 rings (SSSR count). The van der Waals surface area contributed by atoms with Gasteiger partial charge in [-0.2, -0.15) is 5.26 Å². The van der Waals surface area contributed by atoms with Gasteiger partial charge in [-0.25, -0.2) is 4.98 Å². The van der Waals surface area contributed by atoms with Gasteiger partial charge >= 0.3 is 0 Å². The molecule has 0 amide bonds. The van der Waals surface area contributed by atoms with Crippen molar-refractivity contribution in [1.29, 1.82) is 5.26 Å². The summed E-state index contributed by atoms with van der Waals surface area (Å²) < 4.78 is 0. The number of hydrogen-bond acceptors (Lipinski definition) is 5. The predicted molar refractivity (Wildman–Crippen MR) is 85.5 cm³/mol. The predicted octanol–water partition coefficient (Wildman–Crippen LogP) is 2.79. The molecule has 0 radical (unpaired) electrons. The molecule has 0 fully saturated rings. The first-order valence-corrected chi connectivity index (χ1v) is 8.03. The summed E-state index contributed by atoms with van der Waals surface area (Å²) in [5, 5.41) is 14.5. The minimum atomic E-state index is 0.501. The van der Waals surface area contributed by atoms with Crippen LogP contribution < -0.4 is 5.32 Å². The van der Waals surface area contributed by atoms with Crippen molar-refractivity contribution in [3.05, 3.63) is 45.3 Å². The first-order chi connectivity index (χ1) is 10.3. The molecule has 0 bridgehead atoms. The highest BCUT2D eigenvalue weighted by Gasteiger charge is 2.16. The number of pyridine rings is 1. The number of nitrogens with one attached hydrogen (secondary N) is 1. The van der Waals surface area contributed by atoms with Crippen LogP contribution in [0.15, 0.2) is 23.6 Å².